The summed E-state index contributed by atoms with van der Waals surface area (Å²) >= 11 is 0. The summed E-state index contributed by atoms with van der Waals surface area (Å²) in [4.78, 5) is 0. The highest BCUT2D eigenvalue weighted by Gasteiger charge is 2.34. The quantitative estimate of drug-likeness (QED) is 0.494. The van der Waals surface area contributed by atoms with Gasteiger partial charge in [0.2, 0.25) is 0 Å². The van der Waals surface area contributed by atoms with Crippen LogP contribution < -0.4 is 0 Å². The highest BCUT2D eigenvalue weighted by molar-refractivity contribution is 7.09. The van der Waals surface area contributed by atoms with Crippen LogP contribution in [0.1, 0.15) is 13.3 Å². The Kier molecular flexibility index (Phi) is 5.26. The van der Waals surface area contributed by atoms with Gasteiger partial charge in [-0.05, 0) is 13.3 Å². The zero-order valence-electron chi connectivity index (χ0n) is 8.23. The monoisotopic (exact) mass is 203 g/mol. The van der Waals surface area contributed by atoms with E-state index in [1.165, 1.54) is 0 Å². The van der Waals surface area contributed by atoms with E-state index in [0.717, 1.165) is 13.0 Å². The van der Waals surface area contributed by atoms with E-state index in [-0.39, 0.29) is 18.2 Å². The largest absolute Gasteiger partial charge is 0.379 e. The maximum Gasteiger partial charge on any atom is 0.146 e. The smallest absolute Gasteiger partial charge is 0.146 e. The van der Waals surface area contributed by atoms with Crippen molar-refractivity contribution < 1.29 is 14.0 Å². The number of ether oxygens (including phenoxy) is 2. The summed E-state index contributed by atoms with van der Waals surface area (Å²) in [5.41, 5.74) is 0. The predicted molar refractivity (Wildman–Crippen MR) is 56.0 cm³/mol. The Balaban J connectivity index is 2.33. The molecule has 2 unspecified atom stereocenters. The summed E-state index contributed by atoms with van der Waals surface area (Å²) in [6.45, 7) is 5.34. The zero-order chi connectivity index (χ0) is 9.68. The van der Waals surface area contributed by atoms with Gasteiger partial charge in [-0.2, -0.15) is 0 Å². The molecule has 1 saturated heterocycles. The molecule has 0 aromatic rings. The van der Waals surface area contributed by atoms with Crippen LogP contribution in [0.15, 0.2) is 0 Å². The molecule has 0 saturated carbocycles. The minimum atomic E-state index is 0.0821. The van der Waals surface area contributed by atoms with Gasteiger partial charge in [0.25, 0.3) is 0 Å². The lowest BCUT2D eigenvalue weighted by Gasteiger charge is -2.16. The first-order chi connectivity index (χ1) is 6.31. The second kappa shape index (κ2) is 5.97. The minimum absolute atomic E-state index is 0.0821. The summed E-state index contributed by atoms with van der Waals surface area (Å²) in [6.07, 6.45) is 1.16. The Morgan fingerprint density at radius 3 is 2.92 bits per heavy atom. The van der Waals surface area contributed by atoms with Crippen LogP contribution in [0.4, 0.5) is 0 Å². The van der Waals surface area contributed by atoms with E-state index in [4.69, 9.17) is 14.0 Å². The molecule has 4 atom stereocenters. The average Bonchev–Trinajstić information content (AvgIpc) is 2.57. The van der Waals surface area contributed by atoms with E-state index in [2.05, 4.69) is 16.7 Å². The Morgan fingerprint density at radius 2 is 2.38 bits per heavy atom. The molecular weight excluding hydrogens is 186 g/mol. The number of hydrogen-bond donors (Lipinski definition) is 0. The molecule has 1 radical (unpaired) electrons. The van der Waals surface area contributed by atoms with Gasteiger partial charge in [-0.15, -0.1) is 0 Å². The molecule has 3 nitrogen and oxygen atoms in total. The van der Waals surface area contributed by atoms with Crippen LogP contribution in [-0.2, 0) is 14.0 Å². The van der Waals surface area contributed by atoms with Crippen LogP contribution in [-0.4, -0.2) is 38.7 Å². The normalized spacial score (nSPS) is 33.6. The Hall–Kier alpha value is 0.375. The lowest BCUT2D eigenvalue weighted by atomic mass is 9.73. The Bertz CT molecular complexity index is 147. The summed E-state index contributed by atoms with van der Waals surface area (Å²) in [6, 6.07) is 0.219. The molecule has 0 aliphatic carbocycles. The van der Waals surface area contributed by atoms with Gasteiger partial charge in [0.05, 0.1) is 12.7 Å². The van der Waals surface area contributed by atoms with E-state index in [1.807, 2.05) is 13.7 Å². The van der Waals surface area contributed by atoms with Crippen molar-refractivity contribution in [3.05, 3.63) is 0 Å². The van der Waals surface area contributed by atoms with Gasteiger partial charge >= 0.3 is 0 Å². The van der Waals surface area contributed by atoms with Crippen molar-refractivity contribution in [3.8, 4) is 0 Å². The van der Waals surface area contributed by atoms with Crippen LogP contribution >= 0.6 is 9.47 Å². The highest BCUT2D eigenvalue weighted by Crippen LogP contribution is 2.24. The van der Waals surface area contributed by atoms with Crippen molar-refractivity contribution in [2.45, 2.75) is 38.4 Å². The van der Waals surface area contributed by atoms with E-state index < -0.39 is 0 Å². The topological polar surface area (TPSA) is 27.7 Å². The second-order valence-corrected chi connectivity index (χ2v) is 3.39. The molecule has 0 amide bonds. The molecule has 1 rings (SSSR count). The molecule has 1 aliphatic rings. The standard InChI is InChI=1S/C8H17BO3P/c1-3-10-5-7-6(12-13)4-8(9-2)11-7/h6-8H,3-5,13H2,1-2H3/t6?,7-,8-/m1/s1. The first-order valence-electron chi connectivity index (χ1n) is 4.70. The fourth-order valence-electron chi connectivity index (χ4n) is 1.49. The first kappa shape index (κ1) is 11.4. The van der Waals surface area contributed by atoms with Gasteiger partial charge < -0.3 is 14.0 Å². The average molecular weight is 203 g/mol. The Labute approximate surface area is 83.0 Å². The van der Waals surface area contributed by atoms with Crippen LogP contribution in [0.2, 0.25) is 6.82 Å². The molecule has 13 heavy (non-hydrogen) atoms. The molecule has 0 aromatic carbocycles. The van der Waals surface area contributed by atoms with E-state index in [9.17, 15) is 0 Å². The lowest BCUT2D eigenvalue weighted by Crippen LogP contribution is -2.27. The molecule has 0 spiro atoms. The molecule has 0 aromatic heterocycles. The van der Waals surface area contributed by atoms with Gasteiger partial charge in [-0.1, -0.05) is 6.82 Å². The summed E-state index contributed by atoms with van der Waals surface area (Å²) in [5, 5.41) is 0. The van der Waals surface area contributed by atoms with E-state index >= 15 is 0 Å². The fraction of sp³-hybridized carbons (Fsp3) is 1.00. The van der Waals surface area contributed by atoms with Crippen molar-refractivity contribution in [1.29, 1.82) is 0 Å². The van der Waals surface area contributed by atoms with Gasteiger partial charge in [0.1, 0.15) is 13.4 Å². The molecule has 1 aliphatic heterocycles. The van der Waals surface area contributed by atoms with Crippen LogP contribution in [0.5, 0.6) is 0 Å². The Morgan fingerprint density at radius 1 is 1.62 bits per heavy atom. The fourth-order valence-corrected chi connectivity index (χ4v) is 1.77. The SMILES string of the molecule is C[B][C@H]1CC(OP)[C@@H](COCC)O1. The lowest BCUT2D eigenvalue weighted by molar-refractivity contribution is -0.0184. The summed E-state index contributed by atoms with van der Waals surface area (Å²) < 4.78 is 16.3. The molecule has 1 heterocycles. The van der Waals surface area contributed by atoms with Gasteiger partial charge in [0.15, 0.2) is 0 Å². The number of rotatable bonds is 5. The maximum atomic E-state index is 5.70. The molecule has 1 fully saturated rings. The minimum Gasteiger partial charge on any atom is -0.379 e. The van der Waals surface area contributed by atoms with E-state index in [0.29, 0.717) is 6.61 Å². The van der Waals surface area contributed by atoms with Crippen molar-refractivity contribution in [1.82, 2.24) is 0 Å². The zero-order valence-corrected chi connectivity index (χ0v) is 9.39. The molecule has 0 bridgehead atoms. The second-order valence-electron chi connectivity index (χ2n) is 3.12. The third kappa shape index (κ3) is 3.21. The van der Waals surface area contributed by atoms with Crippen LogP contribution in [0.3, 0.4) is 0 Å². The van der Waals surface area contributed by atoms with Gasteiger partial charge in [-0.25, -0.2) is 0 Å². The van der Waals surface area contributed by atoms with Crippen molar-refractivity contribution in [3.63, 3.8) is 0 Å². The summed E-state index contributed by atoms with van der Waals surface area (Å²) in [5.74, 6) is 0. The molecule has 5 heteroatoms. The van der Waals surface area contributed by atoms with Gasteiger partial charge in [-0.3, -0.25) is 0 Å². The van der Waals surface area contributed by atoms with Crippen molar-refractivity contribution in [2.24, 2.45) is 0 Å². The van der Waals surface area contributed by atoms with E-state index in [1.54, 1.807) is 0 Å². The van der Waals surface area contributed by atoms with Crippen LogP contribution in [0.25, 0.3) is 0 Å². The number of hydrogen-bond acceptors (Lipinski definition) is 3. The summed E-state index contributed by atoms with van der Waals surface area (Å²) in [7, 11) is 4.36. The van der Waals surface area contributed by atoms with Crippen molar-refractivity contribution >= 4 is 16.7 Å². The van der Waals surface area contributed by atoms with Crippen molar-refractivity contribution in [2.75, 3.05) is 13.2 Å². The highest BCUT2D eigenvalue weighted by atomic mass is 31.0. The maximum absolute atomic E-state index is 5.70. The molecule has 0 N–H and O–H groups in total. The van der Waals surface area contributed by atoms with Gasteiger partial charge in [0, 0.05) is 22.1 Å². The first-order valence-corrected chi connectivity index (χ1v) is 5.17. The molecule has 75 valence electrons. The molecular formula is C8H17BO3P. The third-order valence-electron chi connectivity index (χ3n) is 2.26. The predicted octanol–water partition coefficient (Wildman–Crippen LogP) is 1.07. The van der Waals surface area contributed by atoms with Crippen LogP contribution in [0, 0.1) is 0 Å². The third-order valence-corrected chi connectivity index (χ3v) is 2.61.